The molecule has 49 heavy (non-hydrogen) atoms. The van der Waals surface area contributed by atoms with Gasteiger partial charge in [-0.1, -0.05) is 75.7 Å². The number of allylic oxidation sites excluding steroid dienone is 1. The highest BCUT2D eigenvalue weighted by Crippen LogP contribution is 2.26. The van der Waals surface area contributed by atoms with Crippen molar-refractivity contribution < 1.29 is 48.4 Å². The maximum absolute atomic E-state index is 13.6. The van der Waals surface area contributed by atoms with Crippen molar-refractivity contribution in [1.29, 1.82) is 0 Å². The molecule has 0 spiro atoms. The second-order valence-corrected chi connectivity index (χ2v) is 12.0. The van der Waals surface area contributed by atoms with Crippen molar-refractivity contribution in [1.82, 2.24) is 5.32 Å². The van der Waals surface area contributed by atoms with Gasteiger partial charge in [0.25, 0.3) is 0 Å². The van der Waals surface area contributed by atoms with Crippen molar-refractivity contribution in [2.24, 2.45) is 5.92 Å². The molecular weight excluding hydrogens is 630 g/mol. The molecule has 1 aromatic rings. The summed E-state index contributed by atoms with van der Waals surface area (Å²) >= 11 is 0. The van der Waals surface area contributed by atoms with Crippen LogP contribution in [0.1, 0.15) is 110 Å². The van der Waals surface area contributed by atoms with Gasteiger partial charge in [-0.2, -0.15) is 0 Å². The number of amides is 1. The first-order chi connectivity index (χ1) is 23.5. The number of carbonyl (C=O) groups is 5. The Balaban J connectivity index is 2.95. The zero-order chi connectivity index (χ0) is 36.5. The third-order valence-electron chi connectivity index (χ3n) is 8.07. The van der Waals surface area contributed by atoms with Crippen molar-refractivity contribution >= 4 is 29.6 Å². The summed E-state index contributed by atoms with van der Waals surface area (Å²) in [6, 6.07) is 5.62. The Labute approximate surface area is 291 Å². The topological polar surface area (TPSA) is 166 Å². The Morgan fingerprint density at radius 2 is 1.59 bits per heavy atom. The van der Waals surface area contributed by atoms with Crippen LogP contribution in [-0.2, 0) is 39.9 Å². The quantitative estimate of drug-likeness (QED) is 0.0491. The maximum Gasteiger partial charge on any atom is 0.336 e. The summed E-state index contributed by atoms with van der Waals surface area (Å²) in [5.74, 6) is 0.739. The van der Waals surface area contributed by atoms with Gasteiger partial charge in [0, 0.05) is 32.6 Å². The Morgan fingerprint density at radius 3 is 2.16 bits per heavy atom. The van der Waals surface area contributed by atoms with E-state index < -0.39 is 54.4 Å². The molecule has 0 saturated heterocycles. The number of methoxy groups -OCH3 is 1. The molecule has 0 radical (unpaired) electrons. The van der Waals surface area contributed by atoms with Crippen LogP contribution in [0.2, 0.25) is 0 Å². The first-order valence-electron chi connectivity index (χ1n) is 17.2. The van der Waals surface area contributed by atoms with Gasteiger partial charge >= 0.3 is 17.9 Å². The van der Waals surface area contributed by atoms with Crippen LogP contribution in [0.3, 0.4) is 0 Å². The molecule has 3 N–H and O–H groups in total. The number of ether oxygens (including phenoxy) is 3. The van der Waals surface area contributed by atoms with Gasteiger partial charge in [0.2, 0.25) is 5.91 Å². The lowest BCUT2D eigenvalue weighted by molar-refractivity contribution is -0.170. The standard InChI is InChI=1S/C38H55NO10/c1-5-7-9-12-15-18-31(41)19-16-13-10-11-14-17-20-33(38(46,37(44)45)25-27-48-29(3)40)35(42)39-34(36(43)47-4)28-30-21-23-32(24-22-30)49-26-8-6-2/h17,20-24,33-34,46H,5,7,9-16,18-19,25-28H2,1-4H3,(H,39,42)(H,44,45)/t33-,34+,38+/m1/s1. The minimum absolute atomic E-state index is 0.0181. The van der Waals surface area contributed by atoms with Crippen LogP contribution >= 0.6 is 0 Å². The minimum atomic E-state index is -2.64. The molecule has 0 aliphatic heterocycles. The molecule has 1 aromatic carbocycles. The van der Waals surface area contributed by atoms with E-state index >= 15 is 0 Å². The lowest BCUT2D eigenvalue weighted by atomic mass is 9.83. The number of aliphatic hydroxyl groups is 1. The number of esters is 2. The van der Waals surface area contributed by atoms with E-state index in [1.807, 2.05) is 0 Å². The van der Waals surface area contributed by atoms with E-state index in [0.717, 1.165) is 45.4 Å². The number of carboxylic acids is 1. The summed E-state index contributed by atoms with van der Waals surface area (Å²) in [5.41, 5.74) is -1.98. The molecule has 272 valence electrons. The molecule has 1 amide bonds. The number of aliphatic carboxylic acids is 1. The molecule has 11 heteroatoms. The fourth-order valence-corrected chi connectivity index (χ4v) is 5.18. The van der Waals surface area contributed by atoms with Gasteiger partial charge in [-0.05, 0) is 50.3 Å². The summed E-state index contributed by atoms with van der Waals surface area (Å²) < 4.78 is 15.3. The number of ketones is 1. The Bertz CT molecular complexity index is 1260. The number of Topliss-reactive ketones (excluding diaryl/α,β-unsaturated/α-hetero) is 1. The summed E-state index contributed by atoms with van der Waals surface area (Å²) in [4.78, 5) is 62.2. The molecule has 0 bridgehead atoms. The highest BCUT2D eigenvalue weighted by molar-refractivity contribution is 5.92. The average Bonchev–Trinajstić information content (AvgIpc) is 3.07. The summed E-state index contributed by atoms with van der Waals surface area (Å²) in [7, 11) is 1.17. The molecule has 11 nitrogen and oxygen atoms in total. The SMILES string of the molecule is CC#CCOc1ccc(C[C@H](NC(=O)[C@@H](C=CCCCCCCC(=O)CCCCCCC)[C@@](O)(CCOC(C)=O)C(=O)O)C(=O)OC)cc1. The van der Waals surface area contributed by atoms with E-state index in [1.165, 1.54) is 32.4 Å². The molecule has 0 aliphatic carbocycles. The highest BCUT2D eigenvalue weighted by atomic mass is 16.5. The van der Waals surface area contributed by atoms with Gasteiger partial charge < -0.3 is 29.7 Å². The van der Waals surface area contributed by atoms with Gasteiger partial charge in [-0.25, -0.2) is 9.59 Å². The monoisotopic (exact) mass is 685 g/mol. The van der Waals surface area contributed by atoms with E-state index in [4.69, 9.17) is 14.2 Å². The van der Waals surface area contributed by atoms with Crippen molar-refractivity contribution in [3.63, 3.8) is 0 Å². The number of nitrogens with one attached hydrogen (secondary N) is 1. The molecule has 0 saturated carbocycles. The Morgan fingerprint density at radius 1 is 0.959 bits per heavy atom. The largest absolute Gasteiger partial charge is 0.481 e. The average molecular weight is 686 g/mol. The summed E-state index contributed by atoms with van der Waals surface area (Å²) in [6.07, 6.45) is 12.9. The van der Waals surface area contributed by atoms with Crippen LogP contribution in [0.4, 0.5) is 0 Å². The molecule has 0 fully saturated rings. The minimum Gasteiger partial charge on any atom is -0.481 e. The van der Waals surface area contributed by atoms with Crippen LogP contribution in [0.5, 0.6) is 5.75 Å². The number of benzene rings is 1. The zero-order valence-corrected chi connectivity index (χ0v) is 29.6. The van der Waals surface area contributed by atoms with Crippen LogP contribution < -0.4 is 10.1 Å². The number of carbonyl (C=O) groups excluding carboxylic acids is 4. The van der Waals surface area contributed by atoms with Crippen molar-refractivity contribution in [2.75, 3.05) is 20.3 Å². The molecule has 0 heterocycles. The maximum atomic E-state index is 13.6. The Hall–Kier alpha value is -4.17. The van der Waals surface area contributed by atoms with Gasteiger partial charge in [0.05, 0.1) is 19.6 Å². The van der Waals surface area contributed by atoms with Gasteiger partial charge in [-0.15, -0.1) is 5.92 Å². The number of hydrogen-bond donors (Lipinski definition) is 3. The lowest BCUT2D eigenvalue weighted by Crippen LogP contribution is -2.55. The van der Waals surface area contributed by atoms with Crippen molar-refractivity contribution in [3.05, 3.63) is 42.0 Å². The first-order valence-corrected chi connectivity index (χ1v) is 17.2. The lowest BCUT2D eigenvalue weighted by Gasteiger charge is -2.30. The molecule has 0 aromatic heterocycles. The third-order valence-corrected chi connectivity index (χ3v) is 8.07. The van der Waals surface area contributed by atoms with E-state index in [-0.39, 0.29) is 13.0 Å². The van der Waals surface area contributed by atoms with Crippen LogP contribution in [0, 0.1) is 17.8 Å². The predicted molar refractivity (Wildman–Crippen MR) is 186 cm³/mol. The van der Waals surface area contributed by atoms with E-state index in [0.29, 0.717) is 36.4 Å². The second-order valence-electron chi connectivity index (χ2n) is 12.0. The van der Waals surface area contributed by atoms with E-state index in [1.54, 1.807) is 37.3 Å². The number of unbranched alkanes of at least 4 members (excludes halogenated alkanes) is 8. The van der Waals surface area contributed by atoms with Gasteiger partial charge in [0.1, 0.15) is 24.2 Å². The molecular formula is C38H55NO10. The van der Waals surface area contributed by atoms with Crippen LogP contribution in [-0.4, -0.2) is 71.8 Å². The van der Waals surface area contributed by atoms with Crippen molar-refractivity contribution in [3.8, 4) is 17.6 Å². The molecule has 1 rings (SSSR count). The first kappa shape index (κ1) is 42.9. The molecule has 3 atom stereocenters. The van der Waals surface area contributed by atoms with Crippen molar-refractivity contribution in [2.45, 2.75) is 122 Å². The van der Waals surface area contributed by atoms with Crippen LogP contribution in [0.15, 0.2) is 36.4 Å². The fraction of sp³-hybridized carbons (Fsp3) is 0.605. The van der Waals surface area contributed by atoms with Crippen LogP contribution in [0.25, 0.3) is 0 Å². The van der Waals surface area contributed by atoms with E-state index in [9.17, 15) is 34.2 Å². The predicted octanol–water partition coefficient (Wildman–Crippen LogP) is 5.50. The molecule has 0 aliphatic rings. The smallest absolute Gasteiger partial charge is 0.336 e. The normalized spacial score (nSPS) is 13.3. The number of carboxylic acid groups (broad SMARTS) is 1. The van der Waals surface area contributed by atoms with E-state index in [2.05, 4.69) is 24.1 Å². The van der Waals surface area contributed by atoms with Gasteiger partial charge in [0.15, 0.2) is 5.60 Å². The highest BCUT2D eigenvalue weighted by Gasteiger charge is 2.47. The number of hydrogen-bond acceptors (Lipinski definition) is 9. The zero-order valence-electron chi connectivity index (χ0n) is 29.6. The van der Waals surface area contributed by atoms with Gasteiger partial charge in [-0.3, -0.25) is 14.4 Å². The Kier molecular flexibility index (Phi) is 21.8. The third kappa shape index (κ3) is 17.7. The number of rotatable bonds is 26. The summed E-state index contributed by atoms with van der Waals surface area (Å²) in [6.45, 7) is 4.79. The summed E-state index contributed by atoms with van der Waals surface area (Å²) in [5, 5.41) is 23.9. The second kappa shape index (κ2) is 24.9. The fourth-order valence-electron chi connectivity index (χ4n) is 5.18. The molecule has 0 unspecified atom stereocenters.